The Kier molecular flexibility index (Phi) is 2.63. The van der Waals surface area contributed by atoms with Crippen LogP contribution in [0.25, 0.3) is 0 Å². The average molecular weight is 269 g/mol. The van der Waals surface area contributed by atoms with E-state index >= 15 is 0 Å². The number of thiophene rings is 2. The first-order valence-electron chi connectivity index (χ1n) is 4.29. The Balaban J connectivity index is 2.42. The fourth-order valence-electron chi connectivity index (χ4n) is 1.39. The molecule has 0 fully saturated rings. The quantitative estimate of drug-likeness (QED) is 0.735. The molecule has 2 rings (SSSR count). The molecule has 0 unspecified atom stereocenters. The molecule has 0 amide bonds. The van der Waals surface area contributed by atoms with Gasteiger partial charge in [-0.15, -0.1) is 0 Å². The van der Waals surface area contributed by atoms with Crippen molar-refractivity contribution < 1.29 is 0 Å². The molecule has 0 saturated heterocycles. The molecular weight excluding hydrogens is 257 g/mol. The third-order valence-electron chi connectivity index (χ3n) is 2.27. The van der Waals surface area contributed by atoms with E-state index in [-0.39, 0.29) is 0 Å². The van der Waals surface area contributed by atoms with E-state index < -0.39 is 13.3 Å². The summed E-state index contributed by atoms with van der Waals surface area (Å²) in [6.07, 6.45) is 0. The van der Waals surface area contributed by atoms with Crippen LogP contribution in [-0.2, 0) is 0 Å². The first-order valence-corrected chi connectivity index (χ1v) is 12.3. The van der Waals surface area contributed by atoms with Crippen LogP contribution in [0, 0.1) is 0 Å². The van der Waals surface area contributed by atoms with Crippen molar-refractivity contribution in [3.63, 3.8) is 0 Å². The Morgan fingerprint density at radius 2 is 1.38 bits per heavy atom. The molecule has 0 aliphatic heterocycles. The maximum absolute atomic E-state index is 2.47. The van der Waals surface area contributed by atoms with Gasteiger partial charge in [-0.05, 0) is 0 Å². The van der Waals surface area contributed by atoms with E-state index in [1.807, 2.05) is 22.7 Å². The van der Waals surface area contributed by atoms with Crippen LogP contribution in [0.2, 0.25) is 11.5 Å². The molecule has 0 aliphatic rings. The zero-order valence-electron chi connectivity index (χ0n) is 7.78. The van der Waals surface area contributed by atoms with Crippen molar-refractivity contribution in [2.24, 2.45) is 0 Å². The number of rotatable bonds is 2. The SMILES string of the molecule is [CH3][Ge]([CH3])([c]1cccs1)[c]1cccs1. The van der Waals surface area contributed by atoms with Gasteiger partial charge in [-0.1, -0.05) is 0 Å². The van der Waals surface area contributed by atoms with E-state index in [0.29, 0.717) is 0 Å². The van der Waals surface area contributed by atoms with Gasteiger partial charge in [0.25, 0.3) is 0 Å². The van der Waals surface area contributed by atoms with E-state index in [2.05, 4.69) is 46.5 Å². The summed E-state index contributed by atoms with van der Waals surface area (Å²) in [6.45, 7) is 0. The van der Waals surface area contributed by atoms with Crippen molar-refractivity contribution in [3.8, 4) is 0 Å². The standard InChI is InChI=1S/C10H12GeS2/c1-11(2,9-5-3-7-12-9)10-6-4-8-13-10/h3-8H,1-2H3. The van der Waals surface area contributed by atoms with Crippen molar-refractivity contribution in [1.82, 2.24) is 0 Å². The van der Waals surface area contributed by atoms with Crippen LogP contribution < -0.4 is 7.42 Å². The second-order valence-electron chi connectivity index (χ2n) is 3.58. The van der Waals surface area contributed by atoms with Gasteiger partial charge in [0.15, 0.2) is 0 Å². The Hall–Kier alpha value is -0.0571. The fourth-order valence-corrected chi connectivity index (χ4v) is 11.6. The van der Waals surface area contributed by atoms with Crippen LogP contribution in [0.1, 0.15) is 0 Å². The predicted molar refractivity (Wildman–Crippen MR) is 65.4 cm³/mol. The zero-order chi connectivity index (χ0) is 9.31. The minimum atomic E-state index is -1.84. The van der Waals surface area contributed by atoms with Gasteiger partial charge in [0.05, 0.1) is 0 Å². The van der Waals surface area contributed by atoms with Gasteiger partial charge in [0, 0.05) is 0 Å². The summed E-state index contributed by atoms with van der Waals surface area (Å²) in [6, 6.07) is 8.93. The fraction of sp³-hybridized carbons (Fsp3) is 0.200. The van der Waals surface area contributed by atoms with E-state index in [4.69, 9.17) is 0 Å². The van der Waals surface area contributed by atoms with E-state index in [0.717, 1.165) is 0 Å². The molecule has 0 spiro atoms. The molecule has 3 heteroatoms. The van der Waals surface area contributed by atoms with Crippen LogP contribution in [0.3, 0.4) is 0 Å². The van der Waals surface area contributed by atoms with Crippen LogP contribution >= 0.6 is 22.7 Å². The molecule has 0 atom stereocenters. The Bertz CT molecular complexity index is 323. The molecule has 0 N–H and O–H groups in total. The second kappa shape index (κ2) is 3.60. The summed E-state index contributed by atoms with van der Waals surface area (Å²) in [7, 11) is 0. The van der Waals surface area contributed by atoms with Crippen LogP contribution in [0.5, 0.6) is 0 Å². The first-order chi connectivity index (χ1) is 6.21. The molecule has 13 heavy (non-hydrogen) atoms. The number of hydrogen-bond donors (Lipinski definition) is 0. The van der Waals surface area contributed by atoms with Gasteiger partial charge >= 0.3 is 89.9 Å². The van der Waals surface area contributed by atoms with Gasteiger partial charge in [-0.25, -0.2) is 0 Å². The molecule has 0 radical (unpaired) electrons. The molecule has 2 heterocycles. The van der Waals surface area contributed by atoms with Gasteiger partial charge in [-0.3, -0.25) is 0 Å². The van der Waals surface area contributed by atoms with Crippen molar-refractivity contribution >= 4 is 43.4 Å². The summed E-state index contributed by atoms with van der Waals surface area (Å²) in [4.78, 5) is 0. The van der Waals surface area contributed by atoms with E-state index in [9.17, 15) is 0 Å². The van der Waals surface area contributed by atoms with Gasteiger partial charge in [0.2, 0.25) is 0 Å². The van der Waals surface area contributed by atoms with Crippen LogP contribution in [0.15, 0.2) is 35.0 Å². The summed E-state index contributed by atoms with van der Waals surface area (Å²) in [5.74, 6) is 4.94. The monoisotopic (exact) mass is 270 g/mol. The third-order valence-corrected chi connectivity index (χ3v) is 16.3. The molecule has 2 aromatic rings. The van der Waals surface area contributed by atoms with Crippen molar-refractivity contribution in [3.05, 3.63) is 35.0 Å². The molecule has 2 aromatic heterocycles. The molecule has 0 aromatic carbocycles. The Morgan fingerprint density at radius 3 is 1.69 bits per heavy atom. The van der Waals surface area contributed by atoms with Gasteiger partial charge in [-0.2, -0.15) is 0 Å². The van der Waals surface area contributed by atoms with Crippen LogP contribution in [0.4, 0.5) is 0 Å². The predicted octanol–water partition coefficient (Wildman–Crippen LogP) is 2.63. The number of hydrogen-bond acceptors (Lipinski definition) is 2. The summed E-state index contributed by atoms with van der Waals surface area (Å²) < 4.78 is 3.25. The third kappa shape index (κ3) is 1.75. The minimum absolute atomic E-state index is 1.63. The van der Waals surface area contributed by atoms with Crippen molar-refractivity contribution in [2.75, 3.05) is 0 Å². The molecule has 68 valence electrons. The normalized spacial score (nSPS) is 11.8. The molecule has 0 aliphatic carbocycles. The molecule has 0 nitrogen and oxygen atoms in total. The van der Waals surface area contributed by atoms with Crippen molar-refractivity contribution in [1.29, 1.82) is 0 Å². The Morgan fingerprint density at radius 1 is 0.923 bits per heavy atom. The first kappa shape index (κ1) is 9.50. The summed E-state index contributed by atoms with van der Waals surface area (Å²) >= 11 is 2.00. The van der Waals surface area contributed by atoms with Gasteiger partial charge in [0.1, 0.15) is 0 Å². The average Bonchev–Trinajstić information content (AvgIpc) is 2.78. The Labute approximate surface area is 89.6 Å². The molecule has 0 bridgehead atoms. The van der Waals surface area contributed by atoms with E-state index in [1.54, 1.807) is 7.42 Å². The maximum atomic E-state index is 2.47. The summed E-state index contributed by atoms with van der Waals surface area (Å²) in [5.41, 5.74) is 0. The molecule has 0 saturated carbocycles. The van der Waals surface area contributed by atoms with Crippen LogP contribution in [-0.4, -0.2) is 13.3 Å². The second-order valence-corrected chi connectivity index (χ2v) is 16.1. The van der Waals surface area contributed by atoms with Crippen molar-refractivity contribution in [2.45, 2.75) is 11.5 Å². The van der Waals surface area contributed by atoms with Gasteiger partial charge < -0.3 is 0 Å². The molecular formula is C10H12GeS2. The topological polar surface area (TPSA) is 0 Å². The van der Waals surface area contributed by atoms with E-state index in [1.165, 1.54) is 0 Å². The summed E-state index contributed by atoms with van der Waals surface area (Å²) in [5, 5.41) is 4.38. The zero-order valence-corrected chi connectivity index (χ0v) is 11.5.